The van der Waals surface area contributed by atoms with Crippen LogP contribution in [0.15, 0.2) is 42.5 Å². The Morgan fingerprint density at radius 2 is 1.65 bits per heavy atom. The fourth-order valence-corrected chi connectivity index (χ4v) is 1.75. The van der Waals surface area contributed by atoms with Crippen LogP contribution in [-0.4, -0.2) is 18.6 Å². The number of rotatable bonds is 3. The molecule has 0 atom stereocenters. The van der Waals surface area contributed by atoms with Crippen molar-refractivity contribution in [2.75, 3.05) is 7.11 Å². The average Bonchev–Trinajstić information content (AvgIpc) is 2.36. The lowest BCUT2D eigenvalue weighted by Gasteiger charge is -2.11. The number of phenols is 1. The first kappa shape index (κ1) is 14.0. The van der Waals surface area contributed by atoms with Crippen molar-refractivity contribution in [3.8, 4) is 28.4 Å². The number of aromatic hydroxyl groups is 1. The monoisotopic (exact) mass is 284 g/mol. The second-order valence-electron chi connectivity index (χ2n) is 4.00. The highest BCUT2D eigenvalue weighted by Gasteiger charge is 2.31. The lowest BCUT2D eigenvalue weighted by Crippen LogP contribution is -2.17. The molecule has 0 saturated heterocycles. The number of hydrogen-bond donors (Lipinski definition) is 1. The summed E-state index contributed by atoms with van der Waals surface area (Å²) in [6.45, 7) is 0. The van der Waals surface area contributed by atoms with Crippen LogP contribution < -0.4 is 9.47 Å². The molecule has 0 unspecified atom stereocenters. The summed E-state index contributed by atoms with van der Waals surface area (Å²) in [6.07, 6.45) is -4.81. The zero-order valence-electron chi connectivity index (χ0n) is 10.4. The van der Waals surface area contributed by atoms with E-state index < -0.39 is 12.1 Å². The molecule has 0 bridgehead atoms. The number of ether oxygens (including phenoxy) is 2. The molecule has 20 heavy (non-hydrogen) atoms. The third-order valence-electron chi connectivity index (χ3n) is 2.53. The van der Waals surface area contributed by atoms with Crippen molar-refractivity contribution in [3.05, 3.63) is 42.5 Å². The fourth-order valence-electron chi connectivity index (χ4n) is 1.75. The number of phenolic OH excluding ortho intramolecular Hbond substituents is 1. The number of methoxy groups -OCH3 is 1. The van der Waals surface area contributed by atoms with Crippen molar-refractivity contribution < 1.29 is 27.8 Å². The first-order valence-corrected chi connectivity index (χ1v) is 5.61. The van der Waals surface area contributed by atoms with Crippen molar-refractivity contribution in [3.63, 3.8) is 0 Å². The second kappa shape index (κ2) is 5.32. The Bertz CT molecular complexity index is 609. The topological polar surface area (TPSA) is 38.7 Å². The lowest BCUT2D eigenvalue weighted by atomic mass is 10.0. The molecule has 2 aromatic carbocycles. The largest absolute Gasteiger partial charge is 0.573 e. The molecular weight excluding hydrogens is 273 g/mol. The highest BCUT2D eigenvalue weighted by atomic mass is 19.4. The number of benzene rings is 2. The van der Waals surface area contributed by atoms with E-state index >= 15 is 0 Å². The minimum absolute atomic E-state index is 0.315. The van der Waals surface area contributed by atoms with E-state index in [1.807, 2.05) is 0 Å². The minimum atomic E-state index is -4.81. The lowest BCUT2D eigenvalue weighted by molar-refractivity contribution is -0.274. The van der Waals surface area contributed by atoms with E-state index in [1.54, 1.807) is 24.3 Å². The molecule has 2 aromatic rings. The van der Waals surface area contributed by atoms with Crippen LogP contribution in [0.4, 0.5) is 13.2 Å². The predicted octanol–water partition coefficient (Wildman–Crippen LogP) is 3.97. The molecule has 0 aliphatic carbocycles. The van der Waals surface area contributed by atoms with Gasteiger partial charge in [-0.25, -0.2) is 0 Å². The van der Waals surface area contributed by atoms with E-state index in [4.69, 9.17) is 4.74 Å². The van der Waals surface area contributed by atoms with Gasteiger partial charge in [0, 0.05) is 6.07 Å². The smallest absolute Gasteiger partial charge is 0.508 e. The highest BCUT2D eigenvalue weighted by Crippen LogP contribution is 2.33. The number of halogens is 3. The van der Waals surface area contributed by atoms with Crippen LogP contribution >= 0.6 is 0 Å². The van der Waals surface area contributed by atoms with Gasteiger partial charge in [0.1, 0.15) is 17.2 Å². The van der Waals surface area contributed by atoms with Crippen molar-refractivity contribution in [1.29, 1.82) is 0 Å². The summed E-state index contributed by atoms with van der Waals surface area (Å²) in [5.41, 5.74) is 0.996. The molecule has 0 radical (unpaired) electrons. The Morgan fingerprint density at radius 3 is 2.30 bits per heavy atom. The highest BCUT2D eigenvalue weighted by molar-refractivity contribution is 5.68. The molecule has 0 aromatic heterocycles. The standard InChI is InChI=1S/C14H11F3O3/c1-19-12-4-2-3-9(6-12)10-5-11(18)8-13(7-10)20-14(15,16)17/h2-8,18H,1H3. The number of hydrogen-bond acceptors (Lipinski definition) is 3. The van der Waals surface area contributed by atoms with Crippen molar-refractivity contribution >= 4 is 0 Å². The minimum Gasteiger partial charge on any atom is -0.508 e. The quantitative estimate of drug-likeness (QED) is 0.927. The van der Waals surface area contributed by atoms with Gasteiger partial charge >= 0.3 is 6.36 Å². The maximum atomic E-state index is 12.2. The summed E-state index contributed by atoms with van der Waals surface area (Å²) in [6, 6.07) is 10.2. The Balaban J connectivity index is 2.41. The Morgan fingerprint density at radius 1 is 0.950 bits per heavy atom. The van der Waals surface area contributed by atoms with Crippen LogP contribution in [0.5, 0.6) is 17.2 Å². The Hall–Kier alpha value is -2.37. The normalized spacial score (nSPS) is 11.2. The van der Waals surface area contributed by atoms with Crippen molar-refractivity contribution in [2.45, 2.75) is 6.36 Å². The Kier molecular flexibility index (Phi) is 3.74. The fraction of sp³-hybridized carbons (Fsp3) is 0.143. The maximum Gasteiger partial charge on any atom is 0.573 e. The van der Waals surface area contributed by atoms with Gasteiger partial charge in [-0.05, 0) is 35.4 Å². The van der Waals surface area contributed by atoms with Gasteiger partial charge in [-0.3, -0.25) is 0 Å². The molecule has 0 heterocycles. The molecule has 0 spiro atoms. The van der Waals surface area contributed by atoms with Crippen LogP contribution in [0.2, 0.25) is 0 Å². The van der Waals surface area contributed by atoms with Gasteiger partial charge in [-0.2, -0.15) is 0 Å². The summed E-state index contributed by atoms with van der Waals surface area (Å²) >= 11 is 0. The summed E-state index contributed by atoms with van der Waals surface area (Å²) < 4.78 is 45.5. The summed E-state index contributed by atoms with van der Waals surface area (Å²) in [5, 5.41) is 9.50. The molecular formula is C14H11F3O3. The van der Waals surface area contributed by atoms with Gasteiger partial charge in [0.2, 0.25) is 0 Å². The average molecular weight is 284 g/mol. The number of alkyl halides is 3. The molecule has 106 valence electrons. The molecule has 0 aliphatic rings. The van der Waals surface area contributed by atoms with Gasteiger partial charge in [-0.15, -0.1) is 13.2 Å². The van der Waals surface area contributed by atoms with Gasteiger partial charge in [0.15, 0.2) is 0 Å². The Labute approximate surface area is 113 Å². The molecule has 6 heteroatoms. The van der Waals surface area contributed by atoms with E-state index in [0.29, 0.717) is 16.9 Å². The first-order chi connectivity index (χ1) is 9.37. The molecule has 0 aliphatic heterocycles. The van der Waals surface area contributed by atoms with E-state index in [1.165, 1.54) is 19.2 Å². The van der Waals surface area contributed by atoms with Gasteiger partial charge in [0.25, 0.3) is 0 Å². The van der Waals surface area contributed by atoms with E-state index in [9.17, 15) is 18.3 Å². The van der Waals surface area contributed by atoms with Crippen LogP contribution in [0, 0.1) is 0 Å². The predicted molar refractivity (Wildman–Crippen MR) is 66.8 cm³/mol. The molecule has 3 nitrogen and oxygen atoms in total. The maximum absolute atomic E-state index is 12.2. The van der Waals surface area contributed by atoms with Gasteiger partial charge in [-0.1, -0.05) is 12.1 Å². The third-order valence-corrected chi connectivity index (χ3v) is 2.53. The van der Waals surface area contributed by atoms with Crippen molar-refractivity contribution in [2.24, 2.45) is 0 Å². The molecule has 0 fully saturated rings. The van der Waals surface area contributed by atoms with Crippen LogP contribution in [0.1, 0.15) is 0 Å². The van der Waals surface area contributed by atoms with Crippen LogP contribution in [0.3, 0.4) is 0 Å². The van der Waals surface area contributed by atoms with E-state index in [-0.39, 0.29) is 5.75 Å². The van der Waals surface area contributed by atoms with Gasteiger partial charge in [0.05, 0.1) is 7.11 Å². The van der Waals surface area contributed by atoms with Crippen molar-refractivity contribution in [1.82, 2.24) is 0 Å². The van der Waals surface area contributed by atoms with Crippen LogP contribution in [0.25, 0.3) is 11.1 Å². The molecule has 1 N–H and O–H groups in total. The first-order valence-electron chi connectivity index (χ1n) is 5.61. The SMILES string of the molecule is COc1cccc(-c2cc(O)cc(OC(F)(F)F)c2)c1. The zero-order valence-corrected chi connectivity index (χ0v) is 10.4. The van der Waals surface area contributed by atoms with Gasteiger partial charge < -0.3 is 14.6 Å². The summed E-state index contributed by atoms with van der Waals surface area (Å²) in [5.74, 6) is -0.232. The second-order valence-corrected chi connectivity index (χ2v) is 4.00. The summed E-state index contributed by atoms with van der Waals surface area (Å²) in [4.78, 5) is 0. The zero-order chi connectivity index (χ0) is 14.8. The van der Waals surface area contributed by atoms with Crippen LogP contribution in [-0.2, 0) is 0 Å². The summed E-state index contributed by atoms with van der Waals surface area (Å²) in [7, 11) is 1.49. The third kappa shape index (κ3) is 3.57. The molecule has 0 amide bonds. The van der Waals surface area contributed by atoms with E-state index in [0.717, 1.165) is 6.07 Å². The molecule has 0 saturated carbocycles. The molecule has 2 rings (SSSR count). The van der Waals surface area contributed by atoms with E-state index in [2.05, 4.69) is 4.74 Å².